The third-order valence-corrected chi connectivity index (χ3v) is 5.29. The summed E-state index contributed by atoms with van der Waals surface area (Å²) in [4.78, 5) is 14.9. The smallest absolute Gasteiger partial charge is 0.317 e. The van der Waals surface area contributed by atoms with E-state index in [0.717, 1.165) is 53.9 Å². The lowest BCUT2D eigenvalue weighted by Crippen LogP contribution is -3.00. The topological polar surface area (TPSA) is 50.8 Å². The Morgan fingerprint density at radius 1 is 1.14 bits per heavy atom. The van der Waals surface area contributed by atoms with Crippen molar-refractivity contribution < 1.29 is 42.7 Å². The molecule has 28 heavy (non-hydrogen) atoms. The van der Waals surface area contributed by atoms with E-state index >= 15 is 0 Å². The molecule has 1 N–H and O–H groups in total. The van der Waals surface area contributed by atoms with Gasteiger partial charge in [0.1, 0.15) is 0 Å². The Morgan fingerprint density at radius 3 is 2.57 bits per heavy atom. The van der Waals surface area contributed by atoms with Crippen molar-refractivity contribution in [2.45, 2.75) is 51.1 Å². The summed E-state index contributed by atoms with van der Waals surface area (Å²) in [7, 11) is 6.55. The summed E-state index contributed by atoms with van der Waals surface area (Å²) in [5.74, 6) is 1.55. The standard InChI is InChI=1S/C21H33N3O3.HI/c1-24(2,3)13-7-12-23(21(25)22-18-8-5-4-6-9-18)15-17-10-11-19-20(14-17)27-16-26-19;/h10-11,14,18H,4-9,12-13,15-16H2,1-3H3;1H. The first-order valence-electron chi connectivity index (χ1n) is 10.2. The highest BCUT2D eigenvalue weighted by molar-refractivity contribution is 5.74. The van der Waals surface area contributed by atoms with Crippen LogP contribution in [0.4, 0.5) is 4.79 Å². The van der Waals surface area contributed by atoms with Crippen molar-refractivity contribution in [2.75, 3.05) is 41.0 Å². The summed E-state index contributed by atoms with van der Waals surface area (Å²) in [6.45, 7) is 2.65. The number of halogens is 1. The van der Waals surface area contributed by atoms with Crippen LogP contribution < -0.4 is 38.8 Å². The summed E-state index contributed by atoms with van der Waals surface area (Å²) < 4.78 is 11.8. The van der Waals surface area contributed by atoms with Crippen molar-refractivity contribution in [1.29, 1.82) is 0 Å². The highest BCUT2D eigenvalue weighted by Gasteiger charge is 2.22. The molecular weight excluding hydrogens is 469 g/mol. The van der Waals surface area contributed by atoms with Crippen molar-refractivity contribution in [3.63, 3.8) is 0 Å². The molecule has 3 rings (SSSR count). The highest BCUT2D eigenvalue weighted by atomic mass is 127. The van der Waals surface area contributed by atoms with Crippen LogP contribution in [0.1, 0.15) is 44.1 Å². The van der Waals surface area contributed by atoms with Gasteiger partial charge in [0, 0.05) is 25.6 Å². The van der Waals surface area contributed by atoms with Crippen LogP contribution in [0.3, 0.4) is 0 Å². The van der Waals surface area contributed by atoms with Crippen LogP contribution in [0.2, 0.25) is 0 Å². The highest BCUT2D eigenvalue weighted by Crippen LogP contribution is 2.32. The van der Waals surface area contributed by atoms with Gasteiger partial charge in [0.2, 0.25) is 6.79 Å². The number of ether oxygens (including phenoxy) is 2. The second-order valence-corrected chi connectivity index (χ2v) is 8.76. The fourth-order valence-electron chi connectivity index (χ4n) is 3.76. The van der Waals surface area contributed by atoms with Crippen molar-refractivity contribution >= 4 is 6.03 Å². The van der Waals surface area contributed by atoms with Gasteiger partial charge in [-0.05, 0) is 30.5 Å². The molecule has 2 amide bonds. The minimum atomic E-state index is 0. The van der Waals surface area contributed by atoms with E-state index in [2.05, 4.69) is 26.5 Å². The molecule has 1 aliphatic carbocycles. The zero-order valence-electron chi connectivity index (χ0n) is 17.4. The Bertz CT molecular complexity index is 642. The molecule has 6 nitrogen and oxygen atoms in total. The van der Waals surface area contributed by atoms with Gasteiger partial charge in [-0.1, -0.05) is 25.3 Å². The maximum absolute atomic E-state index is 13.0. The maximum Gasteiger partial charge on any atom is 0.317 e. The Labute approximate surface area is 186 Å². The predicted octanol–water partition coefficient (Wildman–Crippen LogP) is 0.360. The summed E-state index contributed by atoms with van der Waals surface area (Å²) in [6, 6.07) is 6.32. The molecule has 2 aliphatic rings. The fourth-order valence-corrected chi connectivity index (χ4v) is 3.76. The Balaban J connectivity index is 0.00000280. The molecule has 0 atom stereocenters. The molecular formula is C21H34IN3O3. The zero-order valence-corrected chi connectivity index (χ0v) is 19.5. The zero-order chi connectivity index (χ0) is 19.3. The summed E-state index contributed by atoms with van der Waals surface area (Å²) in [5.41, 5.74) is 1.07. The monoisotopic (exact) mass is 503 g/mol. The Kier molecular flexibility index (Phi) is 8.67. The van der Waals surface area contributed by atoms with Crippen LogP contribution in [0.5, 0.6) is 11.5 Å². The molecule has 1 fully saturated rings. The van der Waals surface area contributed by atoms with Crippen LogP contribution in [0.15, 0.2) is 18.2 Å². The number of hydrogen-bond acceptors (Lipinski definition) is 3. The molecule has 1 saturated carbocycles. The lowest BCUT2D eigenvalue weighted by Gasteiger charge is -2.30. The average Bonchev–Trinajstić information content (AvgIpc) is 3.08. The van der Waals surface area contributed by atoms with Gasteiger partial charge in [-0.25, -0.2) is 4.79 Å². The number of nitrogens with zero attached hydrogens (tertiary/aromatic N) is 2. The number of rotatable bonds is 7. The van der Waals surface area contributed by atoms with Gasteiger partial charge < -0.3 is 48.2 Å². The number of fused-ring (bicyclic) bond motifs is 1. The van der Waals surface area contributed by atoms with Gasteiger partial charge in [-0.15, -0.1) is 0 Å². The molecule has 0 bridgehead atoms. The SMILES string of the molecule is C[N+](C)(C)CCCN(Cc1ccc2c(c1)OCO2)C(=O)NC1CCCCC1.[I-]. The van der Waals surface area contributed by atoms with Gasteiger partial charge >= 0.3 is 6.03 Å². The maximum atomic E-state index is 13.0. The van der Waals surface area contributed by atoms with Gasteiger partial charge in [0.25, 0.3) is 0 Å². The average molecular weight is 503 g/mol. The minimum absolute atomic E-state index is 0. The van der Waals surface area contributed by atoms with Gasteiger partial charge in [0.15, 0.2) is 11.5 Å². The van der Waals surface area contributed by atoms with Crippen molar-refractivity contribution in [3.05, 3.63) is 23.8 Å². The van der Waals surface area contributed by atoms with E-state index in [1.807, 2.05) is 23.1 Å². The third kappa shape index (κ3) is 6.99. The van der Waals surface area contributed by atoms with Crippen LogP contribution in [0, 0.1) is 0 Å². The summed E-state index contributed by atoms with van der Waals surface area (Å²) in [5, 5.41) is 3.27. The molecule has 1 aliphatic heterocycles. The van der Waals surface area contributed by atoms with Crippen LogP contribution in [-0.4, -0.2) is 62.5 Å². The normalized spacial score (nSPS) is 16.4. The molecule has 0 saturated heterocycles. The van der Waals surface area contributed by atoms with Crippen molar-refractivity contribution in [3.8, 4) is 11.5 Å². The number of hydrogen-bond donors (Lipinski definition) is 1. The first kappa shape index (κ1) is 23.1. The molecule has 0 radical (unpaired) electrons. The van der Waals surface area contributed by atoms with E-state index in [-0.39, 0.29) is 36.8 Å². The molecule has 1 aromatic carbocycles. The lowest BCUT2D eigenvalue weighted by atomic mass is 9.96. The van der Waals surface area contributed by atoms with Gasteiger partial charge in [-0.3, -0.25) is 0 Å². The van der Waals surface area contributed by atoms with E-state index in [0.29, 0.717) is 12.6 Å². The number of quaternary nitrogens is 1. The number of amides is 2. The first-order valence-corrected chi connectivity index (χ1v) is 10.2. The van der Waals surface area contributed by atoms with Crippen LogP contribution in [0.25, 0.3) is 0 Å². The van der Waals surface area contributed by atoms with E-state index in [4.69, 9.17) is 9.47 Å². The number of benzene rings is 1. The van der Waals surface area contributed by atoms with Crippen molar-refractivity contribution in [2.24, 2.45) is 0 Å². The van der Waals surface area contributed by atoms with E-state index < -0.39 is 0 Å². The summed E-state index contributed by atoms with van der Waals surface area (Å²) in [6.07, 6.45) is 6.90. The Morgan fingerprint density at radius 2 is 1.86 bits per heavy atom. The van der Waals surface area contributed by atoms with Crippen LogP contribution in [-0.2, 0) is 6.54 Å². The van der Waals surface area contributed by atoms with Gasteiger partial charge in [0.05, 0.1) is 27.7 Å². The molecule has 0 aromatic heterocycles. The summed E-state index contributed by atoms with van der Waals surface area (Å²) >= 11 is 0. The van der Waals surface area contributed by atoms with E-state index in [1.54, 1.807) is 0 Å². The molecule has 158 valence electrons. The Hall–Kier alpha value is -1.22. The fraction of sp³-hybridized carbons (Fsp3) is 0.667. The largest absolute Gasteiger partial charge is 1.00 e. The third-order valence-electron chi connectivity index (χ3n) is 5.29. The molecule has 1 heterocycles. The van der Waals surface area contributed by atoms with Crippen molar-refractivity contribution in [1.82, 2.24) is 10.2 Å². The molecule has 0 spiro atoms. The molecule has 1 aromatic rings. The first-order chi connectivity index (χ1) is 12.9. The minimum Gasteiger partial charge on any atom is -1.00 e. The molecule has 7 heteroatoms. The van der Waals surface area contributed by atoms with Crippen LogP contribution >= 0.6 is 0 Å². The quantitative estimate of drug-likeness (QED) is 0.432. The van der Waals surface area contributed by atoms with E-state index in [1.165, 1.54) is 19.3 Å². The number of nitrogens with one attached hydrogen (secondary N) is 1. The predicted molar refractivity (Wildman–Crippen MR) is 106 cm³/mol. The van der Waals surface area contributed by atoms with E-state index in [9.17, 15) is 4.79 Å². The second kappa shape index (κ2) is 10.5. The number of carbonyl (C=O) groups is 1. The van der Waals surface area contributed by atoms with Gasteiger partial charge in [-0.2, -0.15) is 0 Å². The second-order valence-electron chi connectivity index (χ2n) is 8.76. The number of carbonyl (C=O) groups excluding carboxylic acids is 1. The lowest BCUT2D eigenvalue weighted by molar-refractivity contribution is -0.870. The number of urea groups is 1. The molecule has 0 unspecified atom stereocenters.